The molecule has 0 fully saturated rings. The van der Waals surface area contributed by atoms with Crippen molar-refractivity contribution in [3.05, 3.63) is 19.8 Å². The Morgan fingerprint density at radius 3 is 2.58 bits per heavy atom. The van der Waals surface area contributed by atoms with Crippen molar-refractivity contribution in [1.29, 1.82) is 0 Å². The highest BCUT2D eigenvalue weighted by Gasteiger charge is 2.20. The van der Waals surface area contributed by atoms with Crippen molar-refractivity contribution < 1.29 is 13.6 Å². The summed E-state index contributed by atoms with van der Waals surface area (Å²) in [6, 6.07) is 1.23. The van der Waals surface area contributed by atoms with Gasteiger partial charge < -0.3 is 0 Å². The summed E-state index contributed by atoms with van der Waals surface area (Å²) in [5, 5.41) is 0.281. The molecule has 0 bridgehead atoms. The molecule has 0 saturated heterocycles. The monoisotopic (exact) mass is 274 g/mol. The van der Waals surface area contributed by atoms with Crippen molar-refractivity contribution in [1.82, 2.24) is 0 Å². The van der Waals surface area contributed by atoms with Crippen LogP contribution in [0.1, 0.15) is 9.67 Å². The van der Waals surface area contributed by atoms with Crippen LogP contribution in [-0.4, -0.2) is 12.2 Å². The number of thiophene rings is 1. The van der Waals surface area contributed by atoms with Crippen LogP contribution in [0.25, 0.3) is 0 Å². The molecule has 0 unspecified atom stereocenters. The third kappa shape index (κ3) is 2.02. The van der Waals surface area contributed by atoms with Crippen molar-refractivity contribution >= 4 is 44.7 Å². The Kier molecular flexibility index (Phi) is 3.20. The minimum atomic E-state index is -2.97. The molecule has 0 spiro atoms. The lowest BCUT2D eigenvalue weighted by Gasteiger charge is -1.91. The first-order valence-corrected chi connectivity index (χ1v) is 4.78. The highest BCUT2D eigenvalue weighted by Crippen LogP contribution is 2.32. The van der Waals surface area contributed by atoms with E-state index in [9.17, 15) is 13.6 Å². The van der Waals surface area contributed by atoms with Crippen molar-refractivity contribution in [2.24, 2.45) is 0 Å². The van der Waals surface area contributed by atoms with E-state index >= 15 is 0 Å². The van der Waals surface area contributed by atoms with Gasteiger partial charge >= 0.3 is 6.43 Å². The Labute approximate surface area is 84.5 Å². The third-order valence-electron chi connectivity index (χ3n) is 1.09. The molecule has 1 rings (SSSR count). The summed E-state index contributed by atoms with van der Waals surface area (Å²) in [6.45, 7) is 0. The summed E-state index contributed by atoms with van der Waals surface area (Å²) in [7, 11) is 0. The van der Waals surface area contributed by atoms with Gasteiger partial charge in [-0.3, -0.25) is 4.79 Å². The number of alkyl halides is 2. The Balaban J connectivity index is 2.97. The maximum Gasteiger partial charge on any atom is 0.301 e. The Bertz CT molecular complexity index is 293. The summed E-state index contributed by atoms with van der Waals surface area (Å²) in [5.41, 5.74) is 0. The van der Waals surface area contributed by atoms with Gasteiger partial charge in [0.2, 0.25) is 5.78 Å². The fourth-order valence-corrected chi connectivity index (χ4v) is 2.22. The molecule has 12 heavy (non-hydrogen) atoms. The number of carbonyl (C=O) groups excluding carboxylic acids is 1. The average Bonchev–Trinajstić information content (AvgIpc) is 2.30. The molecular weight excluding hydrogens is 273 g/mol. The van der Waals surface area contributed by atoms with E-state index in [1.54, 1.807) is 0 Å². The third-order valence-corrected chi connectivity index (χ3v) is 3.58. The molecule has 0 atom stereocenters. The second-order valence-corrected chi connectivity index (χ2v) is 4.67. The van der Waals surface area contributed by atoms with Gasteiger partial charge in [0, 0.05) is 0 Å². The van der Waals surface area contributed by atoms with Crippen LogP contribution in [0.4, 0.5) is 8.78 Å². The number of halogens is 4. The summed E-state index contributed by atoms with van der Waals surface area (Å²) >= 11 is 9.47. The fourth-order valence-electron chi connectivity index (χ4n) is 0.576. The van der Waals surface area contributed by atoms with Gasteiger partial charge in [-0.1, -0.05) is 11.6 Å². The molecule has 6 heteroatoms. The zero-order valence-corrected chi connectivity index (χ0v) is 8.64. The minimum Gasteiger partial charge on any atom is -0.287 e. The topological polar surface area (TPSA) is 17.1 Å². The molecule has 1 aromatic heterocycles. The molecule has 0 radical (unpaired) electrons. The standard InChI is InChI=1S/C6H2BrClF2OS/c7-5-2(8)1-3(12-5)4(11)6(9)10/h1,6H. The number of hydrogen-bond acceptors (Lipinski definition) is 2. The van der Waals surface area contributed by atoms with E-state index in [-0.39, 0.29) is 9.90 Å². The molecule has 0 aromatic carbocycles. The van der Waals surface area contributed by atoms with Crippen molar-refractivity contribution in [3.63, 3.8) is 0 Å². The van der Waals surface area contributed by atoms with Crippen molar-refractivity contribution in [2.45, 2.75) is 6.43 Å². The zero-order chi connectivity index (χ0) is 9.30. The van der Waals surface area contributed by atoms with E-state index in [2.05, 4.69) is 15.9 Å². The number of hydrogen-bond donors (Lipinski definition) is 0. The summed E-state index contributed by atoms with van der Waals surface area (Å²) in [4.78, 5) is 10.7. The fraction of sp³-hybridized carbons (Fsp3) is 0.167. The predicted molar refractivity (Wildman–Crippen MR) is 47.4 cm³/mol. The maximum atomic E-state index is 11.9. The molecule has 0 aliphatic carbocycles. The highest BCUT2D eigenvalue weighted by molar-refractivity contribution is 9.11. The SMILES string of the molecule is O=C(c1cc(Cl)c(Br)s1)C(F)F. The van der Waals surface area contributed by atoms with Crippen LogP contribution in [0.2, 0.25) is 5.02 Å². The number of ketones is 1. The average molecular weight is 276 g/mol. The summed E-state index contributed by atoms with van der Waals surface area (Å²) in [6.07, 6.45) is -2.97. The van der Waals surface area contributed by atoms with Crippen molar-refractivity contribution in [3.8, 4) is 0 Å². The second kappa shape index (κ2) is 3.81. The number of carbonyl (C=O) groups is 1. The summed E-state index contributed by atoms with van der Waals surface area (Å²) < 4.78 is 24.2. The Hall–Kier alpha value is -0.0000000000000000833. The highest BCUT2D eigenvalue weighted by atomic mass is 79.9. The van der Waals surface area contributed by atoms with Crippen LogP contribution in [0.3, 0.4) is 0 Å². The van der Waals surface area contributed by atoms with Gasteiger partial charge in [0.15, 0.2) is 0 Å². The maximum absolute atomic E-state index is 11.9. The molecule has 1 nitrogen and oxygen atoms in total. The normalized spacial score (nSPS) is 10.8. The van der Waals surface area contributed by atoms with E-state index in [4.69, 9.17) is 11.6 Å². The number of rotatable bonds is 2. The summed E-state index contributed by atoms with van der Waals surface area (Å²) in [5.74, 6) is -1.19. The quantitative estimate of drug-likeness (QED) is 0.754. The van der Waals surface area contributed by atoms with Crippen LogP contribution in [0.15, 0.2) is 9.85 Å². The van der Waals surface area contributed by atoms with Crippen LogP contribution in [-0.2, 0) is 0 Å². The first-order valence-electron chi connectivity index (χ1n) is 2.79. The molecule has 0 saturated carbocycles. The van der Waals surface area contributed by atoms with Gasteiger partial charge in [-0.05, 0) is 22.0 Å². The molecule has 0 aliphatic heterocycles. The molecule has 0 amide bonds. The Morgan fingerprint density at radius 2 is 2.25 bits per heavy atom. The molecule has 1 aromatic rings. The van der Waals surface area contributed by atoms with Crippen LogP contribution >= 0.6 is 38.9 Å². The van der Waals surface area contributed by atoms with Crippen LogP contribution in [0.5, 0.6) is 0 Å². The van der Waals surface area contributed by atoms with E-state index in [1.165, 1.54) is 6.07 Å². The molecule has 0 aliphatic rings. The van der Waals surface area contributed by atoms with Crippen LogP contribution in [0, 0.1) is 0 Å². The smallest absolute Gasteiger partial charge is 0.287 e. The lowest BCUT2D eigenvalue weighted by Crippen LogP contribution is -2.07. The predicted octanol–water partition coefficient (Wildman–Crippen LogP) is 3.61. The van der Waals surface area contributed by atoms with Gasteiger partial charge in [-0.15, -0.1) is 11.3 Å². The lowest BCUT2D eigenvalue weighted by atomic mass is 10.3. The number of Topliss-reactive ketones (excluding diaryl/α,β-unsaturated/α-hetero) is 1. The largest absolute Gasteiger partial charge is 0.301 e. The first kappa shape index (κ1) is 10.1. The van der Waals surface area contributed by atoms with E-state index < -0.39 is 12.2 Å². The first-order chi connectivity index (χ1) is 5.52. The van der Waals surface area contributed by atoms with Gasteiger partial charge in [0.25, 0.3) is 0 Å². The van der Waals surface area contributed by atoms with E-state index in [1.807, 2.05) is 0 Å². The van der Waals surface area contributed by atoms with Gasteiger partial charge in [0.1, 0.15) is 0 Å². The van der Waals surface area contributed by atoms with E-state index in [0.717, 1.165) is 11.3 Å². The Morgan fingerprint density at radius 1 is 1.67 bits per heavy atom. The lowest BCUT2D eigenvalue weighted by molar-refractivity contribution is 0.0683. The minimum absolute atomic E-state index is 0.0260. The van der Waals surface area contributed by atoms with Gasteiger partial charge in [0.05, 0.1) is 13.7 Å². The molecular formula is C6H2BrClF2OS. The zero-order valence-electron chi connectivity index (χ0n) is 5.48. The van der Waals surface area contributed by atoms with E-state index in [0.29, 0.717) is 3.79 Å². The van der Waals surface area contributed by atoms with Gasteiger partial charge in [-0.25, -0.2) is 8.78 Å². The van der Waals surface area contributed by atoms with Gasteiger partial charge in [-0.2, -0.15) is 0 Å². The van der Waals surface area contributed by atoms with Crippen LogP contribution < -0.4 is 0 Å². The second-order valence-electron chi connectivity index (χ2n) is 1.90. The molecule has 0 N–H and O–H groups in total. The molecule has 66 valence electrons. The molecule has 1 heterocycles. The van der Waals surface area contributed by atoms with Crippen molar-refractivity contribution in [2.75, 3.05) is 0 Å².